The van der Waals surface area contributed by atoms with Gasteiger partial charge in [0.25, 0.3) is 0 Å². The van der Waals surface area contributed by atoms with Gasteiger partial charge in [0, 0.05) is 619 Å². The zero-order valence-corrected chi connectivity index (χ0v) is 141. The summed E-state index contributed by atoms with van der Waals surface area (Å²) in [6.45, 7) is 17.6. The third-order valence-corrected chi connectivity index (χ3v) is 11.3. The zero-order valence-electron chi connectivity index (χ0n) is 81.5. The minimum Gasteiger partial charge on any atom is -0.358 e. The van der Waals surface area contributed by atoms with Crippen LogP contribution in [0.25, 0.3) is 54.4 Å². The molecule has 14 rings (SSSR count). The molecule has 0 aliphatic carbocycles. The van der Waals surface area contributed by atoms with E-state index in [2.05, 4.69) is 118 Å². The van der Waals surface area contributed by atoms with Gasteiger partial charge in [0.1, 0.15) is 12.2 Å². The number of aromatic nitrogens is 15. The molecule has 9 aromatic heterocycles. The van der Waals surface area contributed by atoms with Crippen LogP contribution >= 0.6 is 0 Å². The molecule has 0 bridgehead atoms. The van der Waals surface area contributed by atoms with Crippen LogP contribution in [-0.4, -0.2) is 75.2 Å². The molecule has 0 amide bonds. The van der Waals surface area contributed by atoms with Crippen LogP contribution in [-0.2, 0) is 357 Å². The summed E-state index contributed by atoms with van der Waals surface area (Å²) in [6, 6.07) is 56.3. The van der Waals surface area contributed by atoms with E-state index in [0.29, 0.717) is 0 Å². The molecule has 15 nitrogen and oxygen atoms in total. The smallest absolute Gasteiger partial charge is 0.125 e. The van der Waals surface area contributed by atoms with Crippen molar-refractivity contribution in [2.75, 3.05) is 0 Å². The van der Waals surface area contributed by atoms with Crippen LogP contribution in [0.5, 0.6) is 0 Å². The van der Waals surface area contributed by atoms with Crippen LogP contribution < -0.4 is 0 Å². The molecule has 0 saturated carbocycles. The maximum Gasteiger partial charge on any atom is 0.125 e. The molecule has 0 N–H and O–H groups in total. The summed E-state index contributed by atoms with van der Waals surface area (Å²) in [5.74, 6) is 0.822. The Morgan fingerprint density at radius 2 is 0.612 bits per heavy atom. The van der Waals surface area contributed by atoms with E-state index in [0.717, 1.165) is 78.7 Å². The molecule has 0 saturated heterocycles. The van der Waals surface area contributed by atoms with Gasteiger partial charge in [-0.1, -0.05) is 103 Å². The molecule has 5 aromatic carbocycles. The Kier molecular flexibility index (Phi) is 362. The van der Waals surface area contributed by atoms with E-state index in [1.165, 1.54) is 33.3 Å². The Morgan fingerprint density at radius 1 is 0.209 bits per heavy atom. The third-order valence-electron chi connectivity index (χ3n) is 11.3. The van der Waals surface area contributed by atoms with E-state index in [1.54, 1.807) is 61.8 Å². The van der Waals surface area contributed by atoms with Crippen molar-refractivity contribution in [2.24, 2.45) is 0 Å². The van der Waals surface area contributed by atoms with Crippen LogP contribution in [0.15, 0.2) is 244 Å². The van der Waals surface area contributed by atoms with Gasteiger partial charge in [0.15, 0.2) is 0 Å². The minimum absolute atomic E-state index is 0. The van der Waals surface area contributed by atoms with Crippen LogP contribution in [0, 0.1) is 389 Å². The van der Waals surface area contributed by atoms with Gasteiger partial charge in [0.05, 0.1) is 44.8 Å². The van der Waals surface area contributed by atoms with Gasteiger partial charge < -0.3 is 171 Å². The number of pyridine rings is 3. The summed E-state index contributed by atoms with van der Waals surface area (Å²) in [4.78, 5) is 44.3. The Morgan fingerprint density at radius 3 is 1.00 bits per heavy atom. The van der Waals surface area contributed by atoms with Crippen LogP contribution in [0.3, 0.4) is 0 Å². The normalized spacial score (nSPS) is 6.27. The maximum atomic E-state index is 4.38. The van der Waals surface area contributed by atoms with Crippen LogP contribution in [0.1, 0.15) is 51.2 Å². The number of para-hydroxylation sites is 3. The second-order valence-electron chi connectivity index (χ2n) is 18.4. The zero-order chi connectivity index (χ0) is 58.9. The molecule has 0 spiro atoms. The molecule has 14 aromatic rings. The van der Waals surface area contributed by atoms with Crippen molar-refractivity contribution >= 4 is 54.4 Å². The standard InChI is InChI=1S/3C10H9N.2C9H8N2.4C5H6N2.23CH3.5U.9V.9W/c1-8-6-9-4-2-3-5-10(9)7-11-8;1-8-10-5-3-2-4-9(10)6-7-11-8;1-8-6-7-9-4-2-3-5-10(9)11-8;1-7-6-10-8-4-2-3-5-9(8)11-7;1-7-6-8-4-2-3-5-9(8)11-10-7;1-5-2-6-4-7-3-5;1-5-4-6-2-3-7-5;1-5-6-3-2-4-7-5;1-5-3-2-4-6-7-5;;;;;;;;;;;;;;;;;;;;;;;;;;;;;;;;;;;;;;;;;;;;;;/h3*2-7H,1H3;2*2-6H,1H3;4*2-4H,1H3;23*1H3;;;;;;;;;;;;;;;;;;;;;;;/q;;;;;;;;;23*-1;;;;;;;;;;;;;;;;;;;;;;;. The largest absolute Gasteiger partial charge is 0.358 e. The number of fused-ring (bicyclic) bond motifs is 5. The Balaban J connectivity index is -0.0000000167. The molecule has 0 unspecified atom stereocenters. The summed E-state index contributed by atoms with van der Waals surface area (Å²) < 4.78 is 0. The van der Waals surface area contributed by atoms with E-state index in [1.807, 2.05) is 196 Å². The number of benzene rings is 5. The van der Waals surface area contributed by atoms with Crippen molar-refractivity contribution in [2.45, 2.75) is 62.3 Å². The number of nitrogens with zero attached hydrogens (tertiary/aromatic N) is 15. The van der Waals surface area contributed by atoms with E-state index in [-0.39, 0.29) is 683 Å². The summed E-state index contributed by atoms with van der Waals surface area (Å²) in [6.07, 6.45) is 20.8. The first-order valence-corrected chi connectivity index (χ1v) is 26.6. The van der Waals surface area contributed by atoms with Crippen molar-refractivity contribution in [1.82, 2.24) is 75.2 Å². The first-order chi connectivity index (χ1) is 40.4. The maximum absolute atomic E-state index is 4.38. The molecule has 0 fully saturated rings. The van der Waals surface area contributed by atoms with Gasteiger partial charge in [-0.3, -0.25) is 29.9 Å². The summed E-state index contributed by atoms with van der Waals surface area (Å²) in [5.41, 5.74) is 12.1. The van der Waals surface area contributed by atoms with Gasteiger partial charge in [-0.25, -0.2) is 24.9 Å². The van der Waals surface area contributed by atoms with Crippen molar-refractivity contribution in [3.8, 4) is 0 Å². The summed E-state index contributed by atoms with van der Waals surface area (Å²) >= 11 is 0. The molecular formula is C91H136N15U5V9W9-23. The summed E-state index contributed by atoms with van der Waals surface area (Å²) in [5, 5.41) is 22.7. The molecular weight excluding hydrogens is 4610 g/mol. The fourth-order valence-electron chi connectivity index (χ4n) is 7.27. The van der Waals surface area contributed by atoms with Crippen molar-refractivity contribution in [3.63, 3.8) is 0 Å². The molecule has 717 valence electrons. The molecule has 38 heteroatoms. The van der Waals surface area contributed by atoms with Gasteiger partial charge >= 0.3 is 0 Å². The van der Waals surface area contributed by atoms with E-state index >= 15 is 0 Å². The van der Waals surface area contributed by atoms with E-state index < -0.39 is 0 Å². The minimum atomic E-state index is 0. The van der Waals surface area contributed by atoms with Crippen LogP contribution in [0.4, 0.5) is 0 Å². The Labute approximate surface area is 1150 Å². The second-order valence-corrected chi connectivity index (χ2v) is 18.4. The molecule has 0 atom stereocenters. The number of rotatable bonds is 0. The van der Waals surface area contributed by atoms with Crippen molar-refractivity contribution in [3.05, 3.63) is 466 Å². The SMILES string of the molecule is Cc1cc2ccccc2cn1.Cc1cc2ccccc2nn1.Cc1ccc2ccccc2n1.Cc1cccnn1.Cc1cnc2ccccc2n1.Cc1cnccn1.Cc1cncnc1.Cc1nccc2ccccc12.Cc1ncccn1.[CH3-].[CH3-].[CH3-].[CH3-].[CH3-].[CH3-].[CH3-].[CH3-].[CH3-].[CH3-].[CH3-].[CH3-].[CH3-].[CH3-].[CH3-].[CH3-].[CH3-].[CH3-].[CH3-].[CH3-].[CH3-].[CH3-].[CH3-].[U].[U].[U].[U].[U].[V].[V].[V].[V].[V].[V].[V].[V].[V].[W].[W].[W].[W].[W].[W].[W].[W].[W]. The van der Waals surface area contributed by atoms with E-state index in [9.17, 15) is 0 Å². The monoisotopic (exact) mass is 4740 g/mol. The first kappa shape index (κ1) is 274. The van der Waals surface area contributed by atoms with Gasteiger partial charge in [-0.15, -0.1) is 0 Å². The predicted octanol–water partition coefficient (Wildman–Crippen LogP) is 25.0. The molecule has 0 aliphatic rings. The second kappa shape index (κ2) is 170. The number of hydrogen-bond acceptors (Lipinski definition) is 15. The number of hydrogen-bond donors (Lipinski definition) is 0. The molecule has 9 radical (unpaired) electrons. The third kappa shape index (κ3) is 121. The van der Waals surface area contributed by atoms with Gasteiger partial charge in [0.2, 0.25) is 0 Å². The van der Waals surface area contributed by atoms with Crippen LogP contribution in [0.2, 0.25) is 0 Å². The average molecular weight is 4740 g/mol. The summed E-state index contributed by atoms with van der Waals surface area (Å²) in [7, 11) is 0. The Hall–Kier alpha value is 6.04. The topological polar surface area (TPSA) is 193 Å². The van der Waals surface area contributed by atoms with Gasteiger partial charge in [-0.2, -0.15) is 20.4 Å². The van der Waals surface area contributed by atoms with E-state index in [4.69, 9.17) is 0 Å². The van der Waals surface area contributed by atoms with Gasteiger partial charge in [-0.05, 0) is 145 Å². The fourth-order valence-corrected chi connectivity index (χ4v) is 7.27. The fraction of sp³-hybridized carbons (Fsp3) is 0.0989. The predicted molar refractivity (Wildman–Crippen MR) is 483 cm³/mol. The molecule has 9 heterocycles. The number of aryl methyl sites for hydroxylation is 9. The quantitative estimate of drug-likeness (QED) is 0.130. The average Bonchev–Trinajstić information content (AvgIpc) is 0.871. The molecule has 129 heavy (non-hydrogen) atoms. The van der Waals surface area contributed by atoms with Crippen molar-refractivity contribution in [1.29, 1.82) is 0 Å². The first-order valence-electron chi connectivity index (χ1n) is 26.6. The van der Waals surface area contributed by atoms with Crippen molar-refractivity contribution < 1.29 is 512 Å². The molecule has 0 aliphatic heterocycles. The Bertz CT molecular complexity index is 3760.